The largest absolute Gasteiger partial charge is 0.497 e. The molecule has 8 fully saturated rings. The molecule has 8 aliphatic rings. The monoisotopic (exact) mass is 1770 g/mol. The van der Waals surface area contributed by atoms with E-state index in [2.05, 4.69) is 63.0 Å². The fourth-order valence-electron chi connectivity index (χ4n) is 17.5. The molecule has 33 nitrogen and oxygen atoms in total. The van der Waals surface area contributed by atoms with Crippen molar-refractivity contribution < 1.29 is 84.5 Å². The van der Waals surface area contributed by atoms with Gasteiger partial charge in [-0.15, -0.1) is 10.2 Å². The molecular formula is C87H113BrN14O19S. The number of H-pyrrole nitrogens is 1. The van der Waals surface area contributed by atoms with Crippen LogP contribution in [0.5, 0.6) is 17.2 Å². The average Bonchev–Trinajstić information content (AvgIpc) is 1.58. The number of anilines is 2. The Kier molecular flexibility index (Phi) is 26.1. The van der Waals surface area contributed by atoms with E-state index in [0.717, 1.165) is 37.0 Å². The van der Waals surface area contributed by atoms with Crippen LogP contribution in [0.3, 0.4) is 0 Å². The third kappa shape index (κ3) is 20.2. The number of rotatable bonds is 27. The number of carboxylic acid groups (broad SMARTS) is 1. The van der Waals surface area contributed by atoms with Crippen molar-refractivity contribution in [3.63, 3.8) is 0 Å². The Morgan fingerprint density at radius 2 is 1.08 bits per heavy atom. The van der Waals surface area contributed by atoms with E-state index in [1.165, 1.54) is 41.9 Å². The SMILES string of the molecule is CC[C@@H]1C[C@]1(NC(=O)[C@@H]1C[C@@H](Oc2cc(-n3ccc(NC(C)C)n3)nc3cc(OC)ccc23)CN1C(=O)[C@@H](NC(=O)OC1C[C@@H]2C[C@@H]2C1)C(C)(C)C)C(=O)O.CC[C@@H]1C[C@]1(NC(=O)[C@@H]1C[C@H](OS(=O)(=O)c2ccc(Br)cc2)CN1C(=O)[C@@H](NC(=O)OC1C[C@@H]2C[C@@H]2C1)C(C)(C)C)C(=O)OC.COc1ccc2c(=O)cc(-n3ccc(NC(C)C)n3)[nH]c2c1. The number of hydrogen-bond acceptors (Lipinski definition) is 23. The number of aliphatic carboxylic acids is 1. The van der Waals surface area contributed by atoms with Crippen LogP contribution in [0.4, 0.5) is 21.2 Å². The Hall–Kier alpha value is -10.6. The highest BCUT2D eigenvalue weighted by Gasteiger charge is 2.64. The number of esters is 1. The third-order valence-corrected chi connectivity index (χ3v) is 26.3. The number of fused-ring (bicyclic) bond motifs is 4. The minimum atomic E-state index is -4.25. The first-order chi connectivity index (χ1) is 57.7. The van der Waals surface area contributed by atoms with Gasteiger partial charge in [0.2, 0.25) is 23.6 Å². The van der Waals surface area contributed by atoms with Crippen LogP contribution in [0.1, 0.15) is 160 Å². The van der Waals surface area contributed by atoms with Crippen LogP contribution in [0.2, 0.25) is 0 Å². The lowest BCUT2D eigenvalue weighted by Gasteiger charge is -2.35. The Morgan fingerprint density at radius 1 is 0.598 bits per heavy atom. The number of nitrogens with one attached hydrogen (secondary N) is 7. The molecule has 6 heterocycles. The summed E-state index contributed by atoms with van der Waals surface area (Å²) in [6.07, 6.45) is 7.56. The van der Waals surface area contributed by atoms with E-state index in [1.807, 2.05) is 86.7 Å². The first-order valence-corrected chi connectivity index (χ1v) is 44.1. The summed E-state index contributed by atoms with van der Waals surface area (Å²) in [7, 11) is 0.170. The number of carboxylic acids is 1. The summed E-state index contributed by atoms with van der Waals surface area (Å²) in [5, 5.41) is 38.2. The van der Waals surface area contributed by atoms with Crippen molar-refractivity contribution in [2.45, 2.75) is 237 Å². The molecule has 2 aliphatic heterocycles. The Balaban J connectivity index is 0.000000171. The number of benzene rings is 3. The van der Waals surface area contributed by atoms with Gasteiger partial charge < -0.3 is 80.2 Å². The molecule has 4 aromatic heterocycles. The lowest BCUT2D eigenvalue weighted by molar-refractivity contribution is -0.148. The number of methoxy groups -OCH3 is 3. The molecule has 6 saturated carbocycles. The molecule has 7 aromatic rings. The summed E-state index contributed by atoms with van der Waals surface area (Å²) in [6, 6.07) is 19.8. The number of pyridine rings is 2. The summed E-state index contributed by atoms with van der Waals surface area (Å²) >= 11 is 3.28. The summed E-state index contributed by atoms with van der Waals surface area (Å²) in [6.45, 7) is 22.5. The number of carbonyl (C=O) groups is 8. The topological polar surface area (TPSA) is 416 Å². The van der Waals surface area contributed by atoms with Crippen molar-refractivity contribution in [1.29, 1.82) is 0 Å². The van der Waals surface area contributed by atoms with Gasteiger partial charge in [-0.25, -0.2) is 33.5 Å². The molecule has 0 spiro atoms. The average molecular weight is 1770 g/mol. The minimum Gasteiger partial charge on any atom is -0.497 e. The molecular weight excluding hydrogens is 1660 g/mol. The number of carbonyl (C=O) groups excluding carboxylic acids is 7. The number of nitrogens with zero attached hydrogens (tertiary/aromatic N) is 7. The third-order valence-electron chi connectivity index (χ3n) is 24.4. The zero-order chi connectivity index (χ0) is 88.0. The van der Waals surface area contributed by atoms with Gasteiger partial charge in [-0.05, 0) is 174 Å². The van der Waals surface area contributed by atoms with Crippen LogP contribution in [0, 0.1) is 46.3 Å². The van der Waals surface area contributed by atoms with Gasteiger partial charge in [0.1, 0.15) is 88.3 Å². The molecule has 3 aromatic carbocycles. The Morgan fingerprint density at radius 3 is 1.57 bits per heavy atom. The van der Waals surface area contributed by atoms with Crippen LogP contribution in [0.25, 0.3) is 33.4 Å². The summed E-state index contributed by atoms with van der Waals surface area (Å²) < 4.78 is 69.6. The number of halogens is 1. The fourth-order valence-corrected chi connectivity index (χ4v) is 18.8. The zero-order valence-electron chi connectivity index (χ0n) is 71.6. The lowest BCUT2D eigenvalue weighted by atomic mass is 9.85. The highest BCUT2D eigenvalue weighted by molar-refractivity contribution is 9.10. The maximum absolute atomic E-state index is 14.6. The molecule has 35 heteroatoms. The maximum Gasteiger partial charge on any atom is 0.408 e. The van der Waals surface area contributed by atoms with E-state index in [0.29, 0.717) is 111 Å². The van der Waals surface area contributed by atoms with E-state index in [-0.39, 0.29) is 66.3 Å². The standard InChI is InChI=1S/C40H53N7O8.C31H42BrN3O9S.C16H18N4O2/c1-8-24-19-40(24,37(50)51)44-35(48)30-17-27(20-46(30)36(49)34(39(4,5)6)43-38(52)55-26-14-22-13-23(22)15-26)54-31-18-33(47-12-11-32(45-47)41-21(2)3)42-29-16-25(53-7)9-10-28(29)31;1-6-19-15-31(19,28(38)42-5)34-26(36)24-14-22(44-45(40,41)23-9-7-20(32)8-10-23)16-35(24)27(37)25(30(2,3)4)33-29(39)43-21-12-17-11-18(17)13-21;1-10(2)17-15-6-7-20(19-15)16-9-14(21)12-5-4-11(22-3)8-13(12)18-16/h9-12,16,18,21-24,26-27,30,34H,8,13-15,17,19-20H2,1-7H3,(H,41,45)(H,43,52)(H,44,48)(H,50,51);7-10,17-19,21-22,24-25H,6,11-16H2,1-5H3,(H,33,39)(H,34,36);4-10H,1-3H3,(H,17,19)(H,18,21)/t22-,23+,24-,26?,27-,30+,34-,40-;17-,18+,19-,21?,22+,24+,25-,31-;/m11./s1. The van der Waals surface area contributed by atoms with Gasteiger partial charge in [-0.2, -0.15) is 8.42 Å². The predicted octanol–water partition coefficient (Wildman–Crippen LogP) is 11.0. The van der Waals surface area contributed by atoms with E-state index in [1.54, 1.807) is 105 Å². The van der Waals surface area contributed by atoms with E-state index in [9.17, 15) is 56.7 Å². The second-order valence-electron chi connectivity index (χ2n) is 36.3. The molecule has 8 N–H and O–H groups in total. The normalized spacial score (nSPS) is 25.8. The van der Waals surface area contributed by atoms with Crippen LogP contribution in [-0.4, -0.2) is 207 Å². The molecule has 6 amide bonds. The van der Waals surface area contributed by atoms with Gasteiger partial charge >= 0.3 is 24.1 Å². The van der Waals surface area contributed by atoms with Gasteiger partial charge in [0.15, 0.2) is 11.2 Å². The molecule has 15 rings (SSSR count). The minimum absolute atomic E-state index is 0.00300. The predicted molar refractivity (Wildman–Crippen MR) is 455 cm³/mol. The maximum atomic E-state index is 14.6. The lowest BCUT2D eigenvalue weighted by Crippen LogP contribution is -2.59. The van der Waals surface area contributed by atoms with Crippen LogP contribution >= 0.6 is 15.9 Å². The van der Waals surface area contributed by atoms with Crippen molar-refractivity contribution in [2.24, 2.45) is 46.3 Å². The van der Waals surface area contributed by atoms with Crippen molar-refractivity contribution in [1.82, 2.24) is 60.6 Å². The summed E-state index contributed by atoms with van der Waals surface area (Å²) in [5.74, 6) is 2.40. The van der Waals surface area contributed by atoms with Gasteiger partial charge in [-0.3, -0.25) is 28.2 Å². The number of aromatic amines is 1. The fraction of sp³-hybridized carbons (Fsp3) is 0.563. The van der Waals surface area contributed by atoms with E-state index < -0.39 is 116 Å². The highest BCUT2D eigenvalue weighted by atomic mass is 79.9. The van der Waals surface area contributed by atoms with E-state index >= 15 is 0 Å². The first kappa shape index (κ1) is 89.2. The van der Waals surface area contributed by atoms with E-state index in [4.69, 9.17) is 37.6 Å². The summed E-state index contributed by atoms with van der Waals surface area (Å²) in [5.41, 5.74) is -2.92. The molecule has 2 saturated heterocycles. The van der Waals surface area contributed by atoms with Crippen molar-refractivity contribution in [2.75, 3.05) is 45.1 Å². The molecule has 658 valence electrons. The number of ether oxygens (including phenoxy) is 6. The molecule has 0 bridgehead atoms. The second kappa shape index (κ2) is 35.7. The molecule has 6 aliphatic carbocycles. The van der Waals surface area contributed by atoms with Crippen LogP contribution in [-0.2, 0) is 57.3 Å². The van der Waals surface area contributed by atoms with Crippen molar-refractivity contribution in [3.05, 3.63) is 112 Å². The Bertz CT molecular complexity index is 5260. The second-order valence-corrected chi connectivity index (χ2v) is 38.8. The number of hydrogen-bond donors (Lipinski definition) is 8. The smallest absolute Gasteiger partial charge is 0.408 e. The zero-order valence-corrected chi connectivity index (χ0v) is 74.0. The molecule has 122 heavy (non-hydrogen) atoms. The van der Waals surface area contributed by atoms with Crippen molar-refractivity contribution in [3.8, 4) is 28.9 Å². The summed E-state index contributed by atoms with van der Waals surface area (Å²) in [4.78, 5) is 131. The van der Waals surface area contributed by atoms with Gasteiger partial charge in [-0.1, -0.05) is 84.2 Å². The number of amides is 6. The van der Waals surface area contributed by atoms with Crippen LogP contribution in [0.15, 0.2) is 111 Å². The number of likely N-dealkylation sites (tertiary alicyclic amines) is 2. The van der Waals surface area contributed by atoms with Gasteiger partial charge in [0.25, 0.3) is 10.1 Å². The molecule has 2 unspecified atom stereocenters. The Labute approximate surface area is 717 Å². The number of alkyl carbamates (subject to hydrolysis) is 2. The van der Waals surface area contributed by atoms with Gasteiger partial charge in [0.05, 0.1) is 49.9 Å². The van der Waals surface area contributed by atoms with Crippen molar-refractivity contribution >= 4 is 107 Å². The van der Waals surface area contributed by atoms with Crippen LogP contribution < -0.4 is 51.5 Å². The highest BCUT2D eigenvalue weighted by Crippen LogP contribution is 2.54. The number of aromatic nitrogens is 6. The van der Waals surface area contributed by atoms with Gasteiger partial charge in [0, 0.05) is 95.5 Å². The molecule has 0 radical (unpaired) electrons. The molecule has 16 atom stereocenters. The quantitative estimate of drug-likeness (QED) is 0.0135. The first-order valence-electron chi connectivity index (χ1n) is 41.9.